The molecule has 0 saturated carbocycles. The van der Waals surface area contributed by atoms with E-state index < -0.39 is 16.1 Å². The Morgan fingerprint density at radius 2 is 2.00 bits per heavy atom. The molecule has 0 saturated heterocycles. The Morgan fingerprint density at radius 1 is 1.33 bits per heavy atom. The summed E-state index contributed by atoms with van der Waals surface area (Å²) < 4.78 is 28.2. The van der Waals surface area contributed by atoms with Crippen LogP contribution in [0.2, 0.25) is 0 Å². The van der Waals surface area contributed by atoms with Gasteiger partial charge >= 0.3 is 0 Å². The molecule has 0 aliphatic rings. The number of aliphatic hydroxyl groups excluding tert-OH is 1. The zero-order valence-electron chi connectivity index (χ0n) is 12.0. The lowest BCUT2D eigenvalue weighted by Crippen LogP contribution is -2.26. The molecule has 21 heavy (non-hydrogen) atoms. The first-order valence-corrected chi connectivity index (χ1v) is 8.11. The third-order valence-corrected chi connectivity index (χ3v) is 4.59. The molecule has 0 amide bonds. The Hall–Kier alpha value is -1.70. The molecule has 0 fully saturated rings. The van der Waals surface area contributed by atoms with Gasteiger partial charge in [0.1, 0.15) is 5.82 Å². The standard InChI is InChI=1S/C14H19N3O3S/c1-11-16-14(10-17(11)2)21(19,20)15-9-8-13(18)12-6-4-3-5-7-12/h3-7,10,13,15,18H,8-9H2,1-2H3. The summed E-state index contributed by atoms with van der Waals surface area (Å²) in [5.74, 6) is 0.625. The van der Waals surface area contributed by atoms with E-state index in [1.165, 1.54) is 6.20 Å². The Kier molecular flexibility index (Phi) is 4.76. The number of aliphatic hydroxyl groups is 1. The van der Waals surface area contributed by atoms with E-state index in [-0.39, 0.29) is 11.6 Å². The minimum absolute atomic E-state index is 0.00305. The minimum Gasteiger partial charge on any atom is -0.388 e. The van der Waals surface area contributed by atoms with Crippen LogP contribution < -0.4 is 4.72 Å². The number of aryl methyl sites for hydroxylation is 2. The first kappa shape index (κ1) is 15.7. The molecule has 1 heterocycles. The van der Waals surface area contributed by atoms with Crippen molar-refractivity contribution < 1.29 is 13.5 Å². The Labute approximate surface area is 124 Å². The van der Waals surface area contributed by atoms with Gasteiger partial charge in [-0.05, 0) is 18.9 Å². The van der Waals surface area contributed by atoms with Gasteiger partial charge in [0.25, 0.3) is 10.0 Å². The number of nitrogens with zero attached hydrogens (tertiary/aromatic N) is 2. The smallest absolute Gasteiger partial charge is 0.259 e. The van der Waals surface area contributed by atoms with Crippen LogP contribution >= 0.6 is 0 Å². The highest BCUT2D eigenvalue weighted by Crippen LogP contribution is 2.15. The molecule has 6 nitrogen and oxygen atoms in total. The number of hydrogen-bond acceptors (Lipinski definition) is 4. The average Bonchev–Trinajstić information content (AvgIpc) is 2.80. The number of aromatic nitrogens is 2. The lowest BCUT2D eigenvalue weighted by molar-refractivity contribution is 0.169. The summed E-state index contributed by atoms with van der Waals surface area (Å²) in [4.78, 5) is 3.99. The molecule has 0 spiro atoms. The van der Waals surface area contributed by atoms with E-state index >= 15 is 0 Å². The summed E-state index contributed by atoms with van der Waals surface area (Å²) in [6, 6.07) is 9.14. The van der Waals surface area contributed by atoms with Gasteiger partial charge < -0.3 is 9.67 Å². The van der Waals surface area contributed by atoms with E-state index in [4.69, 9.17) is 0 Å². The normalized spacial score (nSPS) is 13.3. The largest absolute Gasteiger partial charge is 0.388 e. The zero-order chi connectivity index (χ0) is 15.5. The van der Waals surface area contributed by atoms with Crippen molar-refractivity contribution in [2.24, 2.45) is 7.05 Å². The molecule has 1 unspecified atom stereocenters. The highest BCUT2D eigenvalue weighted by Gasteiger charge is 2.18. The monoisotopic (exact) mass is 309 g/mol. The van der Waals surface area contributed by atoms with E-state index in [0.29, 0.717) is 12.2 Å². The zero-order valence-corrected chi connectivity index (χ0v) is 12.8. The van der Waals surface area contributed by atoms with Gasteiger partial charge in [0.15, 0.2) is 5.03 Å². The second-order valence-corrected chi connectivity index (χ2v) is 6.56. The first-order chi connectivity index (χ1) is 9.90. The van der Waals surface area contributed by atoms with E-state index in [0.717, 1.165) is 5.56 Å². The van der Waals surface area contributed by atoms with Gasteiger partial charge in [-0.25, -0.2) is 18.1 Å². The van der Waals surface area contributed by atoms with Crippen LogP contribution in [-0.2, 0) is 17.1 Å². The lowest BCUT2D eigenvalue weighted by atomic mass is 10.1. The fourth-order valence-electron chi connectivity index (χ4n) is 1.90. The summed E-state index contributed by atoms with van der Waals surface area (Å²) in [6.07, 6.45) is 1.07. The van der Waals surface area contributed by atoms with Crippen molar-refractivity contribution in [3.63, 3.8) is 0 Å². The molecule has 0 aliphatic heterocycles. The second kappa shape index (κ2) is 6.38. The Balaban J connectivity index is 1.93. The number of rotatable bonds is 6. The fourth-order valence-corrected chi connectivity index (χ4v) is 2.99. The SMILES string of the molecule is Cc1nc(S(=O)(=O)NCCC(O)c2ccccc2)cn1C. The van der Waals surface area contributed by atoms with Gasteiger partial charge in [-0.1, -0.05) is 30.3 Å². The molecule has 2 rings (SSSR count). The van der Waals surface area contributed by atoms with Crippen molar-refractivity contribution in [2.45, 2.75) is 24.5 Å². The lowest BCUT2D eigenvalue weighted by Gasteiger charge is -2.11. The summed E-state index contributed by atoms with van der Waals surface area (Å²) in [5.41, 5.74) is 0.769. The van der Waals surface area contributed by atoms with E-state index in [9.17, 15) is 13.5 Å². The number of sulfonamides is 1. The van der Waals surface area contributed by atoms with Crippen molar-refractivity contribution in [3.05, 3.63) is 47.9 Å². The first-order valence-electron chi connectivity index (χ1n) is 6.63. The van der Waals surface area contributed by atoms with Crippen LogP contribution in [0.15, 0.2) is 41.6 Å². The molecule has 0 aliphatic carbocycles. The molecule has 0 bridgehead atoms. The maximum Gasteiger partial charge on any atom is 0.259 e. The van der Waals surface area contributed by atoms with E-state index in [1.807, 2.05) is 18.2 Å². The average molecular weight is 309 g/mol. The molecule has 114 valence electrons. The number of hydrogen-bond donors (Lipinski definition) is 2. The predicted octanol–water partition coefficient (Wildman–Crippen LogP) is 1.13. The van der Waals surface area contributed by atoms with Crippen LogP contribution in [0.1, 0.15) is 23.9 Å². The quantitative estimate of drug-likeness (QED) is 0.838. The van der Waals surface area contributed by atoms with Gasteiger partial charge in [0.2, 0.25) is 0 Å². The van der Waals surface area contributed by atoms with Crippen LogP contribution in [0.4, 0.5) is 0 Å². The second-order valence-electron chi connectivity index (χ2n) is 4.85. The van der Waals surface area contributed by atoms with Crippen LogP contribution in [0, 0.1) is 6.92 Å². The maximum absolute atomic E-state index is 12.0. The van der Waals surface area contributed by atoms with Gasteiger partial charge in [0.05, 0.1) is 6.10 Å². The van der Waals surface area contributed by atoms with Crippen molar-refractivity contribution in [1.82, 2.24) is 14.3 Å². The molecule has 1 aromatic carbocycles. The van der Waals surface area contributed by atoms with Crippen LogP contribution in [0.5, 0.6) is 0 Å². The molecule has 1 aromatic heterocycles. The van der Waals surface area contributed by atoms with E-state index in [2.05, 4.69) is 9.71 Å². The van der Waals surface area contributed by atoms with Crippen LogP contribution in [0.3, 0.4) is 0 Å². The highest BCUT2D eigenvalue weighted by atomic mass is 32.2. The van der Waals surface area contributed by atoms with Crippen LogP contribution in [-0.4, -0.2) is 29.6 Å². The molecular weight excluding hydrogens is 290 g/mol. The van der Waals surface area contributed by atoms with Crippen molar-refractivity contribution >= 4 is 10.0 Å². The molecule has 0 radical (unpaired) electrons. The topological polar surface area (TPSA) is 84.2 Å². The van der Waals surface area contributed by atoms with Gasteiger partial charge in [-0.15, -0.1) is 0 Å². The maximum atomic E-state index is 12.0. The minimum atomic E-state index is -3.63. The molecule has 2 aromatic rings. The molecule has 2 N–H and O–H groups in total. The molecule has 7 heteroatoms. The summed E-state index contributed by atoms with van der Waals surface area (Å²) in [6.45, 7) is 1.88. The summed E-state index contributed by atoms with van der Waals surface area (Å²) in [5, 5.41) is 9.98. The Bertz CT molecular complexity index is 676. The number of benzene rings is 1. The van der Waals surface area contributed by atoms with Crippen LogP contribution in [0.25, 0.3) is 0 Å². The van der Waals surface area contributed by atoms with Crippen molar-refractivity contribution in [3.8, 4) is 0 Å². The van der Waals surface area contributed by atoms with Gasteiger partial charge in [0, 0.05) is 19.8 Å². The number of imidazole rings is 1. The predicted molar refractivity (Wildman–Crippen MR) is 79.2 cm³/mol. The van der Waals surface area contributed by atoms with Crippen molar-refractivity contribution in [2.75, 3.05) is 6.54 Å². The van der Waals surface area contributed by atoms with Crippen molar-refractivity contribution in [1.29, 1.82) is 0 Å². The summed E-state index contributed by atoms with van der Waals surface area (Å²) in [7, 11) is -1.90. The van der Waals surface area contributed by atoms with Gasteiger partial charge in [-0.2, -0.15) is 0 Å². The number of nitrogens with one attached hydrogen (secondary N) is 1. The molecular formula is C14H19N3O3S. The van der Waals surface area contributed by atoms with Gasteiger partial charge in [-0.3, -0.25) is 0 Å². The summed E-state index contributed by atoms with van der Waals surface area (Å²) >= 11 is 0. The third kappa shape index (κ3) is 3.90. The third-order valence-electron chi connectivity index (χ3n) is 3.26. The fraction of sp³-hybridized carbons (Fsp3) is 0.357. The van der Waals surface area contributed by atoms with E-state index in [1.54, 1.807) is 30.7 Å². The Morgan fingerprint density at radius 3 is 2.57 bits per heavy atom. The molecule has 1 atom stereocenters. The highest BCUT2D eigenvalue weighted by molar-refractivity contribution is 7.89.